The molecule has 19 heavy (non-hydrogen) atoms. The lowest BCUT2D eigenvalue weighted by Crippen LogP contribution is -2.33. The minimum Gasteiger partial charge on any atom is -0.338 e. The highest BCUT2D eigenvalue weighted by Crippen LogP contribution is 2.18. The van der Waals surface area contributed by atoms with Crippen molar-refractivity contribution in [1.82, 2.24) is 10.3 Å². The third-order valence-electron chi connectivity index (χ3n) is 3.56. The van der Waals surface area contributed by atoms with Gasteiger partial charge in [-0.15, -0.1) is 0 Å². The number of rotatable bonds is 4. The SMILES string of the molecule is CC(C(=O)NN)c1ccc(CN2CCCC2=O)cc1. The van der Waals surface area contributed by atoms with Gasteiger partial charge in [0.05, 0.1) is 5.92 Å². The van der Waals surface area contributed by atoms with Gasteiger partial charge in [0, 0.05) is 19.5 Å². The van der Waals surface area contributed by atoms with Crippen molar-refractivity contribution in [3.63, 3.8) is 0 Å². The predicted octanol–water partition coefficient (Wildman–Crippen LogP) is 0.902. The number of amides is 2. The molecule has 3 N–H and O–H groups in total. The molecule has 1 aliphatic rings. The van der Waals surface area contributed by atoms with E-state index in [0.29, 0.717) is 13.0 Å². The van der Waals surface area contributed by atoms with Gasteiger partial charge >= 0.3 is 0 Å². The number of nitrogens with two attached hydrogens (primary N) is 1. The van der Waals surface area contributed by atoms with Gasteiger partial charge in [0.25, 0.3) is 0 Å². The van der Waals surface area contributed by atoms with Gasteiger partial charge in [0.2, 0.25) is 11.8 Å². The Balaban J connectivity index is 2.02. The van der Waals surface area contributed by atoms with Crippen LogP contribution in [0.3, 0.4) is 0 Å². The Kier molecular flexibility index (Phi) is 4.16. The number of carbonyl (C=O) groups is 2. The van der Waals surface area contributed by atoms with Crippen LogP contribution in [0.5, 0.6) is 0 Å². The first-order chi connectivity index (χ1) is 9.11. The Hall–Kier alpha value is -1.88. The Morgan fingerprint density at radius 3 is 2.63 bits per heavy atom. The van der Waals surface area contributed by atoms with Crippen LogP contribution < -0.4 is 11.3 Å². The van der Waals surface area contributed by atoms with E-state index in [1.807, 2.05) is 29.2 Å². The molecule has 5 nitrogen and oxygen atoms in total. The summed E-state index contributed by atoms with van der Waals surface area (Å²) in [7, 11) is 0. The van der Waals surface area contributed by atoms with Crippen LogP contribution >= 0.6 is 0 Å². The normalized spacial score (nSPS) is 16.5. The highest BCUT2D eigenvalue weighted by molar-refractivity contribution is 5.82. The van der Waals surface area contributed by atoms with Crippen LogP contribution in [0.25, 0.3) is 0 Å². The third-order valence-corrected chi connectivity index (χ3v) is 3.56. The number of carbonyl (C=O) groups excluding carboxylic acids is 2. The molecule has 1 saturated heterocycles. The summed E-state index contributed by atoms with van der Waals surface area (Å²) in [4.78, 5) is 24.8. The van der Waals surface area contributed by atoms with E-state index in [-0.39, 0.29) is 17.7 Å². The van der Waals surface area contributed by atoms with E-state index in [4.69, 9.17) is 5.84 Å². The molecule has 2 amide bonds. The summed E-state index contributed by atoms with van der Waals surface area (Å²) in [5.74, 6) is 4.87. The molecule has 0 bridgehead atoms. The van der Waals surface area contributed by atoms with Crippen LogP contribution in [-0.4, -0.2) is 23.3 Å². The molecule has 1 unspecified atom stereocenters. The highest BCUT2D eigenvalue weighted by Gasteiger charge is 2.20. The van der Waals surface area contributed by atoms with Crippen LogP contribution in [-0.2, 0) is 16.1 Å². The Morgan fingerprint density at radius 2 is 2.11 bits per heavy atom. The number of hydrogen-bond donors (Lipinski definition) is 2. The molecule has 1 aliphatic heterocycles. The first kappa shape index (κ1) is 13.5. The summed E-state index contributed by atoms with van der Waals surface area (Å²) in [6, 6.07) is 7.74. The van der Waals surface area contributed by atoms with Crippen LogP contribution in [0.15, 0.2) is 24.3 Å². The van der Waals surface area contributed by atoms with Crippen molar-refractivity contribution in [2.24, 2.45) is 5.84 Å². The highest BCUT2D eigenvalue weighted by atomic mass is 16.2. The van der Waals surface area contributed by atoms with Gasteiger partial charge in [0.15, 0.2) is 0 Å². The fraction of sp³-hybridized carbons (Fsp3) is 0.429. The zero-order chi connectivity index (χ0) is 13.8. The van der Waals surface area contributed by atoms with Gasteiger partial charge in [-0.2, -0.15) is 0 Å². The maximum Gasteiger partial charge on any atom is 0.241 e. The summed E-state index contributed by atoms with van der Waals surface area (Å²) in [6.45, 7) is 3.30. The lowest BCUT2D eigenvalue weighted by Gasteiger charge is -2.16. The number of hydrazine groups is 1. The van der Waals surface area contributed by atoms with Crippen molar-refractivity contribution in [2.45, 2.75) is 32.2 Å². The summed E-state index contributed by atoms with van der Waals surface area (Å²) in [5, 5.41) is 0. The fourth-order valence-electron chi connectivity index (χ4n) is 2.28. The van der Waals surface area contributed by atoms with E-state index >= 15 is 0 Å². The zero-order valence-corrected chi connectivity index (χ0v) is 11.1. The van der Waals surface area contributed by atoms with E-state index < -0.39 is 0 Å². The van der Waals surface area contributed by atoms with Crippen LogP contribution in [0, 0.1) is 0 Å². The van der Waals surface area contributed by atoms with E-state index in [2.05, 4.69) is 5.43 Å². The molecule has 0 aliphatic carbocycles. The second-order valence-corrected chi connectivity index (χ2v) is 4.89. The number of hydrogen-bond acceptors (Lipinski definition) is 3. The number of likely N-dealkylation sites (tertiary alicyclic amines) is 1. The molecule has 1 aromatic carbocycles. The quantitative estimate of drug-likeness (QED) is 0.480. The molecular formula is C14H19N3O2. The first-order valence-electron chi connectivity index (χ1n) is 6.49. The Morgan fingerprint density at radius 1 is 1.42 bits per heavy atom. The van der Waals surface area contributed by atoms with Crippen LogP contribution in [0.2, 0.25) is 0 Å². The van der Waals surface area contributed by atoms with Crippen LogP contribution in [0.1, 0.15) is 36.8 Å². The Bertz CT molecular complexity index is 470. The summed E-state index contributed by atoms with van der Waals surface area (Å²) in [6.07, 6.45) is 1.61. The molecule has 2 rings (SSSR count). The van der Waals surface area contributed by atoms with E-state index in [1.165, 1.54) is 0 Å². The molecule has 0 aromatic heterocycles. The second-order valence-electron chi connectivity index (χ2n) is 4.89. The maximum atomic E-state index is 11.5. The average molecular weight is 261 g/mol. The number of nitrogens with zero attached hydrogens (tertiary/aromatic N) is 1. The lowest BCUT2D eigenvalue weighted by atomic mass is 9.99. The molecule has 0 saturated carbocycles. The first-order valence-corrected chi connectivity index (χ1v) is 6.49. The van der Waals surface area contributed by atoms with Crippen molar-refractivity contribution in [3.05, 3.63) is 35.4 Å². The zero-order valence-electron chi connectivity index (χ0n) is 11.1. The van der Waals surface area contributed by atoms with E-state index in [9.17, 15) is 9.59 Å². The molecule has 102 valence electrons. The lowest BCUT2D eigenvalue weighted by molar-refractivity contribution is -0.128. The van der Waals surface area contributed by atoms with Gasteiger partial charge in [-0.1, -0.05) is 24.3 Å². The summed E-state index contributed by atoms with van der Waals surface area (Å²) < 4.78 is 0. The standard InChI is InChI=1S/C14H19N3O2/c1-10(14(19)16-15)12-6-4-11(5-7-12)9-17-8-2-3-13(17)18/h4-7,10H,2-3,8-9,15H2,1H3,(H,16,19). The smallest absolute Gasteiger partial charge is 0.241 e. The van der Waals surface area contributed by atoms with Crippen molar-refractivity contribution < 1.29 is 9.59 Å². The minimum absolute atomic E-state index is 0.206. The van der Waals surface area contributed by atoms with Crippen molar-refractivity contribution in [1.29, 1.82) is 0 Å². The molecule has 1 atom stereocenters. The van der Waals surface area contributed by atoms with Crippen molar-refractivity contribution >= 4 is 11.8 Å². The molecule has 0 spiro atoms. The average Bonchev–Trinajstić information content (AvgIpc) is 2.83. The van der Waals surface area contributed by atoms with Gasteiger partial charge < -0.3 is 4.90 Å². The Labute approximate surface area is 112 Å². The third kappa shape index (κ3) is 3.12. The van der Waals surface area contributed by atoms with Gasteiger partial charge in [-0.05, 0) is 24.5 Å². The molecule has 0 radical (unpaired) electrons. The monoisotopic (exact) mass is 261 g/mol. The van der Waals surface area contributed by atoms with Crippen molar-refractivity contribution in [3.8, 4) is 0 Å². The summed E-state index contributed by atoms with van der Waals surface area (Å²) in [5.41, 5.74) is 4.15. The molecule has 5 heteroatoms. The maximum absolute atomic E-state index is 11.5. The predicted molar refractivity (Wildman–Crippen MR) is 71.8 cm³/mol. The van der Waals surface area contributed by atoms with Gasteiger partial charge in [-0.25, -0.2) is 5.84 Å². The topological polar surface area (TPSA) is 75.4 Å². The van der Waals surface area contributed by atoms with Crippen LogP contribution in [0.4, 0.5) is 0 Å². The molecule has 1 heterocycles. The molecular weight excluding hydrogens is 242 g/mol. The van der Waals surface area contributed by atoms with E-state index in [1.54, 1.807) is 6.92 Å². The van der Waals surface area contributed by atoms with E-state index in [0.717, 1.165) is 24.1 Å². The second kappa shape index (κ2) is 5.84. The van der Waals surface area contributed by atoms with Gasteiger partial charge in [0.1, 0.15) is 0 Å². The number of benzene rings is 1. The minimum atomic E-state index is -0.271. The van der Waals surface area contributed by atoms with Crippen molar-refractivity contribution in [2.75, 3.05) is 6.54 Å². The largest absolute Gasteiger partial charge is 0.338 e. The van der Waals surface area contributed by atoms with Gasteiger partial charge in [-0.3, -0.25) is 15.0 Å². The fourth-order valence-corrected chi connectivity index (χ4v) is 2.28. The molecule has 1 aromatic rings. The summed E-state index contributed by atoms with van der Waals surface area (Å²) >= 11 is 0. The number of nitrogens with one attached hydrogen (secondary N) is 1. The molecule has 1 fully saturated rings.